The number of fused-ring (bicyclic) bond motifs is 1. The fourth-order valence-electron chi connectivity index (χ4n) is 3.25. The number of aryl methyl sites for hydroxylation is 1. The molecule has 0 saturated heterocycles. The van der Waals surface area contributed by atoms with Crippen molar-refractivity contribution in [1.82, 2.24) is 14.8 Å². The second kappa shape index (κ2) is 9.17. The first-order chi connectivity index (χ1) is 15.9. The highest BCUT2D eigenvalue weighted by molar-refractivity contribution is 7.13. The number of hydrogen-bond acceptors (Lipinski definition) is 8. The number of thiophene rings is 1. The van der Waals surface area contributed by atoms with Crippen LogP contribution in [0.15, 0.2) is 54.0 Å². The Bertz CT molecular complexity index is 1350. The number of benzene rings is 1. The van der Waals surface area contributed by atoms with Gasteiger partial charge in [0.25, 0.3) is 11.6 Å². The molecule has 3 aromatic heterocycles. The summed E-state index contributed by atoms with van der Waals surface area (Å²) in [6.45, 7) is 3.88. The molecule has 0 saturated carbocycles. The number of nitro benzene ring substituents is 1. The van der Waals surface area contributed by atoms with E-state index in [2.05, 4.69) is 15.4 Å². The Morgan fingerprint density at radius 1 is 1.27 bits per heavy atom. The first-order valence-corrected chi connectivity index (χ1v) is 10.9. The van der Waals surface area contributed by atoms with Crippen LogP contribution in [0.2, 0.25) is 0 Å². The number of esters is 1. The van der Waals surface area contributed by atoms with Crippen LogP contribution in [0.25, 0.3) is 21.6 Å². The second-order valence-corrected chi connectivity index (χ2v) is 7.99. The quantitative estimate of drug-likeness (QED) is 0.245. The van der Waals surface area contributed by atoms with Crippen LogP contribution in [0.1, 0.15) is 24.2 Å². The van der Waals surface area contributed by atoms with E-state index in [9.17, 15) is 19.7 Å². The number of carbonyl (C=O) groups excluding carboxylic acids is 2. The van der Waals surface area contributed by atoms with Crippen LogP contribution < -0.4 is 5.32 Å². The smallest absolute Gasteiger partial charge is 0.339 e. The molecule has 0 aliphatic heterocycles. The largest absolute Gasteiger partial charge is 0.449 e. The van der Waals surface area contributed by atoms with Crippen molar-refractivity contribution in [3.8, 4) is 10.6 Å². The van der Waals surface area contributed by atoms with Gasteiger partial charge in [0.05, 0.1) is 32.6 Å². The molecule has 168 valence electrons. The molecule has 0 radical (unpaired) electrons. The zero-order valence-corrected chi connectivity index (χ0v) is 18.5. The van der Waals surface area contributed by atoms with Crippen molar-refractivity contribution >= 4 is 45.6 Å². The van der Waals surface area contributed by atoms with Crippen molar-refractivity contribution in [2.24, 2.45) is 0 Å². The zero-order valence-electron chi connectivity index (χ0n) is 17.7. The van der Waals surface area contributed by atoms with Crippen molar-refractivity contribution in [2.45, 2.75) is 26.5 Å². The van der Waals surface area contributed by atoms with Crippen LogP contribution >= 0.6 is 11.3 Å². The van der Waals surface area contributed by atoms with Gasteiger partial charge in [-0.1, -0.05) is 18.2 Å². The molecule has 0 spiro atoms. The highest BCUT2D eigenvalue weighted by Gasteiger charge is 2.25. The van der Waals surface area contributed by atoms with Gasteiger partial charge in [-0.15, -0.1) is 11.3 Å². The summed E-state index contributed by atoms with van der Waals surface area (Å²) in [5, 5.41) is 20.3. The lowest BCUT2D eigenvalue weighted by Gasteiger charge is -2.14. The summed E-state index contributed by atoms with van der Waals surface area (Å²) in [5.74, 6) is -1.41. The molecule has 1 atom stereocenters. The molecule has 4 aromatic rings. The standard InChI is InChI=1S/C22H19N5O5S/c1-3-26-20-15(12-23-26)14(11-17(24-20)19-9-6-10-33-19)22(29)32-13(2)21(28)25-16-7-4-5-8-18(16)27(30)31/h4-13H,3H2,1-2H3,(H,25,28). The molecule has 1 amide bonds. The number of carbonyl (C=O) groups is 2. The Morgan fingerprint density at radius 3 is 2.76 bits per heavy atom. The van der Waals surface area contributed by atoms with E-state index in [1.807, 2.05) is 24.4 Å². The monoisotopic (exact) mass is 465 g/mol. The van der Waals surface area contributed by atoms with E-state index >= 15 is 0 Å². The van der Waals surface area contributed by atoms with E-state index in [1.165, 1.54) is 36.5 Å². The van der Waals surface area contributed by atoms with Crippen molar-refractivity contribution < 1.29 is 19.2 Å². The fraction of sp³-hybridized carbons (Fsp3) is 0.182. The number of nitrogens with one attached hydrogen (secondary N) is 1. The Morgan fingerprint density at radius 2 is 2.06 bits per heavy atom. The molecule has 0 aliphatic carbocycles. The summed E-state index contributed by atoms with van der Waals surface area (Å²) in [7, 11) is 0. The highest BCUT2D eigenvalue weighted by Crippen LogP contribution is 2.29. The maximum atomic E-state index is 13.0. The molecule has 1 N–H and O–H groups in total. The number of hydrogen-bond donors (Lipinski definition) is 1. The van der Waals surface area contributed by atoms with E-state index < -0.39 is 22.9 Å². The highest BCUT2D eigenvalue weighted by atomic mass is 32.1. The second-order valence-electron chi connectivity index (χ2n) is 7.04. The average molecular weight is 465 g/mol. The minimum absolute atomic E-state index is 0.0194. The number of nitro groups is 1. The Hall–Kier alpha value is -4.12. The van der Waals surface area contributed by atoms with Crippen LogP contribution in [-0.2, 0) is 16.1 Å². The molecular weight excluding hydrogens is 446 g/mol. The number of nitrogens with zero attached hydrogens (tertiary/aromatic N) is 4. The average Bonchev–Trinajstić information content (AvgIpc) is 3.48. The van der Waals surface area contributed by atoms with E-state index in [0.717, 1.165) is 4.88 Å². The number of rotatable bonds is 7. The normalized spacial score (nSPS) is 11.8. The molecule has 0 aliphatic rings. The molecular formula is C22H19N5O5S. The molecule has 10 nitrogen and oxygen atoms in total. The third-order valence-electron chi connectivity index (χ3n) is 4.91. The lowest BCUT2D eigenvalue weighted by Crippen LogP contribution is -2.30. The lowest BCUT2D eigenvalue weighted by molar-refractivity contribution is -0.383. The van der Waals surface area contributed by atoms with Crippen molar-refractivity contribution in [3.63, 3.8) is 0 Å². The number of pyridine rings is 1. The third-order valence-corrected chi connectivity index (χ3v) is 5.81. The number of para-hydroxylation sites is 2. The van der Waals surface area contributed by atoms with Crippen LogP contribution in [0, 0.1) is 10.1 Å². The maximum absolute atomic E-state index is 13.0. The molecule has 3 heterocycles. The fourth-order valence-corrected chi connectivity index (χ4v) is 3.94. The molecule has 4 rings (SSSR count). The van der Waals surface area contributed by atoms with Gasteiger partial charge in [0.2, 0.25) is 0 Å². The first-order valence-electron chi connectivity index (χ1n) is 10.0. The Balaban J connectivity index is 1.60. The van der Waals surface area contributed by atoms with Crippen molar-refractivity contribution in [3.05, 3.63) is 69.7 Å². The van der Waals surface area contributed by atoms with E-state index in [1.54, 1.807) is 23.0 Å². The van der Waals surface area contributed by atoms with Crippen LogP contribution in [0.3, 0.4) is 0 Å². The molecule has 33 heavy (non-hydrogen) atoms. The van der Waals surface area contributed by atoms with Gasteiger partial charge in [0.1, 0.15) is 5.69 Å². The van der Waals surface area contributed by atoms with Gasteiger partial charge in [-0.2, -0.15) is 5.10 Å². The van der Waals surface area contributed by atoms with E-state index in [4.69, 9.17) is 4.74 Å². The van der Waals surface area contributed by atoms with Gasteiger partial charge in [-0.25, -0.2) is 14.5 Å². The summed E-state index contributed by atoms with van der Waals surface area (Å²) in [5.41, 5.74) is 1.12. The maximum Gasteiger partial charge on any atom is 0.339 e. The number of aromatic nitrogens is 3. The summed E-state index contributed by atoms with van der Waals surface area (Å²) in [4.78, 5) is 41.7. The van der Waals surface area contributed by atoms with Gasteiger partial charge < -0.3 is 10.1 Å². The van der Waals surface area contributed by atoms with E-state index in [0.29, 0.717) is 23.3 Å². The van der Waals surface area contributed by atoms with Crippen LogP contribution in [0.5, 0.6) is 0 Å². The molecule has 1 aromatic carbocycles. The molecule has 1 unspecified atom stereocenters. The van der Waals surface area contributed by atoms with Crippen LogP contribution in [0.4, 0.5) is 11.4 Å². The number of anilines is 1. The zero-order chi connectivity index (χ0) is 23.5. The number of amides is 1. The minimum Gasteiger partial charge on any atom is -0.449 e. The van der Waals surface area contributed by atoms with Gasteiger partial charge >= 0.3 is 5.97 Å². The van der Waals surface area contributed by atoms with E-state index in [-0.39, 0.29) is 16.9 Å². The van der Waals surface area contributed by atoms with Crippen molar-refractivity contribution in [1.29, 1.82) is 0 Å². The summed E-state index contributed by atoms with van der Waals surface area (Å²) >= 11 is 1.48. The van der Waals surface area contributed by atoms with Gasteiger partial charge in [0.15, 0.2) is 11.8 Å². The van der Waals surface area contributed by atoms with Crippen molar-refractivity contribution in [2.75, 3.05) is 5.32 Å². The van der Waals surface area contributed by atoms with Crippen LogP contribution in [-0.4, -0.2) is 37.7 Å². The van der Waals surface area contributed by atoms with Gasteiger partial charge in [0, 0.05) is 12.6 Å². The molecule has 0 fully saturated rings. The SMILES string of the molecule is CCn1ncc2c(C(=O)OC(C)C(=O)Nc3ccccc3[N+](=O)[O-])cc(-c3cccs3)nc21. The molecule has 11 heteroatoms. The predicted molar refractivity (Wildman–Crippen MR) is 123 cm³/mol. The molecule has 0 bridgehead atoms. The first kappa shape index (κ1) is 22.1. The predicted octanol–water partition coefficient (Wildman–Crippen LogP) is 4.27. The van der Waals surface area contributed by atoms with Gasteiger partial charge in [-0.3, -0.25) is 14.9 Å². The van der Waals surface area contributed by atoms with Gasteiger partial charge in [-0.05, 0) is 37.4 Å². The summed E-state index contributed by atoms with van der Waals surface area (Å²) in [6.07, 6.45) is 0.338. The minimum atomic E-state index is -1.20. The Labute approximate surface area is 192 Å². The third kappa shape index (κ3) is 4.44. The number of ether oxygens (including phenoxy) is 1. The lowest BCUT2D eigenvalue weighted by atomic mass is 10.1. The Kier molecular flexibility index (Phi) is 6.13. The topological polar surface area (TPSA) is 129 Å². The summed E-state index contributed by atoms with van der Waals surface area (Å²) in [6, 6.07) is 11.1. The summed E-state index contributed by atoms with van der Waals surface area (Å²) < 4.78 is 7.09.